The van der Waals surface area contributed by atoms with E-state index in [1.165, 1.54) is 9.08 Å². The fraction of sp³-hybridized carbons (Fsp3) is 0.300. The Morgan fingerprint density at radius 2 is 2.29 bits per heavy atom. The number of hydrogen-bond donors (Lipinski definition) is 2. The summed E-state index contributed by atoms with van der Waals surface area (Å²) < 4.78 is 2.99. The number of aryl methyl sites for hydroxylation is 2. The molecule has 0 aromatic carbocycles. The number of rotatable bonds is 3. The molecular formula is C10H13N5O2. The maximum atomic E-state index is 12.0. The Morgan fingerprint density at radius 1 is 1.53 bits per heavy atom. The van der Waals surface area contributed by atoms with Crippen LogP contribution in [0.15, 0.2) is 23.3 Å². The van der Waals surface area contributed by atoms with Crippen LogP contribution >= 0.6 is 0 Å². The van der Waals surface area contributed by atoms with Gasteiger partial charge in [-0.25, -0.2) is 10.4 Å². The topological polar surface area (TPSA) is 94.4 Å². The van der Waals surface area contributed by atoms with Gasteiger partial charge in [-0.15, -0.1) is 0 Å². The highest BCUT2D eigenvalue weighted by Gasteiger charge is 2.06. The summed E-state index contributed by atoms with van der Waals surface area (Å²) in [5.41, 5.74) is 3.13. The zero-order valence-corrected chi connectivity index (χ0v) is 9.38. The van der Waals surface area contributed by atoms with Gasteiger partial charge in [0.15, 0.2) is 0 Å². The van der Waals surface area contributed by atoms with Crippen LogP contribution in [0.5, 0.6) is 0 Å². The lowest BCUT2D eigenvalue weighted by Gasteiger charge is -2.04. The number of fused-ring (bicyclic) bond motifs is 1. The minimum atomic E-state index is -0.304. The number of aromatic nitrogens is 3. The van der Waals surface area contributed by atoms with Gasteiger partial charge >= 0.3 is 0 Å². The third kappa shape index (κ3) is 2.18. The predicted octanol–water partition coefficient (Wildman–Crippen LogP) is -0.816. The third-order valence-corrected chi connectivity index (χ3v) is 2.47. The Balaban J connectivity index is 2.32. The summed E-state index contributed by atoms with van der Waals surface area (Å²) in [6.07, 6.45) is 3.45. The number of carbonyl (C=O) groups excluding carboxylic acids is 1. The first-order valence-electron chi connectivity index (χ1n) is 5.16. The maximum absolute atomic E-state index is 12.0. The molecule has 0 fully saturated rings. The average molecular weight is 235 g/mol. The van der Waals surface area contributed by atoms with E-state index in [9.17, 15) is 9.59 Å². The molecule has 7 nitrogen and oxygen atoms in total. The SMILES string of the molecule is Cc1cc2c(=O)n(CCC(=O)NN)ccn2n1. The minimum Gasteiger partial charge on any atom is -0.312 e. The molecule has 0 aliphatic carbocycles. The zero-order valence-electron chi connectivity index (χ0n) is 9.38. The summed E-state index contributed by atoms with van der Waals surface area (Å²) in [6, 6.07) is 1.71. The van der Waals surface area contributed by atoms with Crippen LogP contribution in [0, 0.1) is 6.92 Å². The first kappa shape index (κ1) is 11.3. The zero-order chi connectivity index (χ0) is 12.4. The Bertz CT molecular complexity index is 613. The third-order valence-electron chi connectivity index (χ3n) is 2.47. The fourth-order valence-corrected chi connectivity index (χ4v) is 1.62. The molecule has 0 aliphatic heterocycles. The number of hydrogen-bond acceptors (Lipinski definition) is 4. The highest BCUT2D eigenvalue weighted by Crippen LogP contribution is 2.00. The highest BCUT2D eigenvalue weighted by atomic mass is 16.2. The van der Waals surface area contributed by atoms with E-state index >= 15 is 0 Å². The van der Waals surface area contributed by atoms with Crippen LogP contribution in [0.3, 0.4) is 0 Å². The van der Waals surface area contributed by atoms with Crippen molar-refractivity contribution in [3.05, 3.63) is 34.5 Å². The van der Waals surface area contributed by atoms with E-state index in [0.717, 1.165) is 5.69 Å². The van der Waals surface area contributed by atoms with Gasteiger partial charge in [0.05, 0.1) is 5.69 Å². The molecule has 2 aromatic heterocycles. The Morgan fingerprint density at radius 3 is 3.00 bits per heavy atom. The van der Waals surface area contributed by atoms with Gasteiger partial charge in [0.1, 0.15) is 5.52 Å². The molecule has 7 heteroatoms. The van der Waals surface area contributed by atoms with Crippen LogP contribution in [0.4, 0.5) is 0 Å². The van der Waals surface area contributed by atoms with Crippen molar-refractivity contribution >= 4 is 11.4 Å². The number of hydrazine groups is 1. The van der Waals surface area contributed by atoms with Crippen LogP contribution in [-0.2, 0) is 11.3 Å². The summed E-state index contributed by atoms with van der Waals surface area (Å²) in [4.78, 5) is 23.0. The monoisotopic (exact) mass is 235 g/mol. The molecule has 0 radical (unpaired) electrons. The molecule has 2 heterocycles. The van der Waals surface area contributed by atoms with Crippen LogP contribution in [0.1, 0.15) is 12.1 Å². The number of nitrogens with two attached hydrogens (primary N) is 1. The molecule has 0 spiro atoms. The molecule has 0 aliphatic rings. The normalized spacial score (nSPS) is 10.7. The van der Waals surface area contributed by atoms with E-state index in [0.29, 0.717) is 12.1 Å². The molecule has 2 rings (SSSR count). The number of nitrogens with one attached hydrogen (secondary N) is 1. The Hall–Kier alpha value is -2.15. The molecule has 0 saturated carbocycles. The van der Waals surface area contributed by atoms with Gasteiger partial charge in [0.2, 0.25) is 5.91 Å². The lowest BCUT2D eigenvalue weighted by Crippen LogP contribution is -2.32. The van der Waals surface area contributed by atoms with Gasteiger partial charge in [-0.3, -0.25) is 15.0 Å². The summed E-state index contributed by atoms with van der Waals surface area (Å²) in [5, 5.41) is 4.13. The van der Waals surface area contributed by atoms with Gasteiger partial charge in [0.25, 0.3) is 5.56 Å². The van der Waals surface area contributed by atoms with Gasteiger partial charge < -0.3 is 4.57 Å². The van der Waals surface area contributed by atoms with Gasteiger partial charge in [-0.1, -0.05) is 0 Å². The second-order valence-electron chi connectivity index (χ2n) is 3.73. The molecule has 0 atom stereocenters. The minimum absolute atomic E-state index is 0.166. The number of carbonyl (C=O) groups is 1. The average Bonchev–Trinajstić information content (AvgIpc) is 2.69. The summed E-state index contributed by atoms with van der Waals surface area (Å²) >= 11 is 0. The molecule has 0 bridgehead atoms. The molecular weight excluding hydrogens is 222 g/mol. The van der Waals surface area contributed by atoms with Crippen molar-refractivity contribution in [2.24, 2.45) is 5.84 Å². The van der Waals surface area contributed by atoms with Crippen LogP contribution < -0.4 is 16.8 Å². The van der Waals surface area contributed by atoms with E-state index in [1.54, 1.807) is 18.5 Å². The second kappa shape index (κ2) is 4.38. The van der Waals surface area contributed by atoms with Gasteiger partial charge in [-0.05, 0) is 13.0 Å². The largest absolute Gasteiger partial charge is 0.312 e. The summed E-state index contributed by atoms with van der Waals surface area (Å²) in [6.45, 7) is 2.11. The van der Waals surface area contributed by atoms with Crippen molar-refractivity contribution in [1.82, 2.24) is 19.6 Å². The lowest BCUT2D eigenvalue weighted by molar-refractivity contribution is -0.121. The standard InChI is InChI=1S/C10H13N5O2/c1-7-6-8-10(17)14(3-2-9(16)12-11)4-5-15(8)13-7/h4-6H,2-3,11H2,1H3,(H,12,16). The Kier molecular flexibility index (Phi) is 2.92. The van der Waals surface area contributed by atoms with Crippen molar-refractivity contribution in [3.63, 3.8) is 0 Å². The molecule has 2 aromatic rings. The Labute approximate surface area is 96.8 Å². The smallest absolute Gasteiger partial charge is 0.276 e. The van der Waals surface area contributed by atoms with Crippen LogP contribution in [0.2, 0.25) is 0 Å². The quantitative estimate of drug-likeness (QED) is 0.413. The van der Waals surface area contributed by atoms with E-state index in [1.807, 2.05) is 12.3 Å². The molecule has 0 unspecified atom stereocenters. The summed E-state index contributed by atoms with van der Waals surface area (Å²) in [7, 11) is 0. The van der Waals surface area contributed by atoms with E-state index < -0.39 is 0 Å². The van der Waals surface area contributed by atoms with Crippen LogP contribution in [0.25, 0.3) is 5.52 Å². The predicted molar refractivity (Wildman–Crippen MR) is 61.1 cm³/mol. The van der Waals surface area contributed by atoms with Gasteiger partial charge in [-0.2, -0.15) is 5.10 Å². The first-order chi connectivity index (χ1) is 8.11. The molecule has 90 valence electrons. The maximum Gasteiger partial charge on any atom is 0.276 e. The van der Waals surface area contributed by atoms with Crippen molar-refractivity contribution in [2.75, 3.05) is 0 Å². The van der Waals surface area contributed by atoms with E-state index in [2.05, 4.69) is 5.10 Å². The van der Waals surface area contributed by atoms with E-state index in [4.69, 9.17) is 5.84 Å². The van der Waals surface area contributed by atoms with Gasteiger partial charge in [0, 0.05) is 25.4 Å². The van der Waals surface area contributed by atoms with Crippen molar-refractivity contribution in [1.29, 1.82) is 0 Å². The molecule has 17 heavy (non-hydrogen) atoms. The van der Waals surface area contributed by atoms with Crippen molar-refractivity contribution < 1.29 is 4.79 Å². The number of amides is 1. The van der Waals surface area contributed by atoms with Crippen molar-refractivity contribution in [2.45, 2.75) is 19.9 Å². The molecule has 1 amide bonds. The van der Waals surface area contributed by atoms with Crippen molar-refractivity contribution in [3.8, 4) is 0 Å². The first-order valence-corrected chi connectivity index (χ1v) is 5.16. The van der Waals surface area contributed by atoms with Crippen LogP contribution in [-0.4, -0.2) is 20.1 Å². The lowest BCUT2D eigenvalue weighted by atomic mass is 10.4. The highest BCUT2D eigenvalue weighted by molar-refractivity contribution is 5.75. The number of nitrogens with zero attached hydrogens (tertiary/aromatic N) is 3. The molecule has 3 N–H and O–H groups in total. The summed E-state index contributed by atoms with van der Waals surface area (Å²) in [5.74, 6) is 4.66. The molecule has 0 saturated heterocycles. The second-order valence-corrected chi connectivity index (χ2v) is 3.73. The van der Waals surface area contributed by atoms with E-state index in [-0.39, 0.29) is 17.9 Å². The fourth-order valence-electron chi connectivity index (χ4n) is 1.62.